The molecule has 0 saturated heterocycles. The molecule has 5 heteroatoms. The minimum atomic E-state index is -3.34. The third-order valence-electron chi connectivity index (χ3n) is 2.67. The second-order valence-electron chi connectivity index (χ2n) is 3.74. The van der Waals surface area contributed by atoms with Crippen LogP contribution < -0.4 is 4.72 Å². The van der Waals surface area contributed by atoms with Gasteiger partial charge in [-0.05, 0) is 37.6 Å². The molecule has 1 N–H and O–H groups in total. The molecule has 0 saturated carbocycles. The summed E-state index contributed by atoms with van der Waals surface area (Å²) in [5.74, 6) is 0.202. The predicted molar refractivity (Wildman–Crippen MR) is 66.4 cm³/mol. The Morgan fingerprint density at radius 2 is 1.69 bits per heavy atom. The van der Waals surface area contributed by atoms with Gasteiger partial charge in [0.1, 0.15) is 0 Å². The fraction of sp³-hybridized carbons (Fsp3) is 0.455. The van der Waals surface area contributed by atoms with Gasteiger partial charge in [-0.2, -0.15) is 0 Å². The molecule has 2 atom stereocenters. The molecule has 1 aromatic rings. The van der Waals surface area contributed by atoms with Crippen molar-refractivity contribution in [2.24, 2.45) is 0 Å². The zero-order valence-corrected chi connectivity index (χ0v) is 11.1. The van der Waals surface area contributed by atoms with Crippen LogP contribution >= 0.6 is 11.6 Å². The molecule has 16 heavy (non-hydrogen) atoms. The van der Waals surface area contributed by atoms with Crippen LogP contribution in [0.4, 0.5) is 0 Å². The molecule has 0 radical (unpaired) electrons. The first-order chi connectivity index (χ1) is 7.38. The molecule has 0 fully saturated rings. The third kappa shape index (κ3) is 2.97. The van der Waals surface area contributed by atoms with Gasteiger partial charge in [-0.15, -0.1) is 11.6 Å². The molecule has 0 aromatic heterocycles. The van der Waals surface area contributed by atoms with Gasteiger partial charge in [-0.25, -0.2) is 13.1 Å². The standard InChI is InChI=1S/C11H16ClNO2S/c1-8(9(2)12)10-4-6-11(7-5-10)16(14,15)13-3/h4-9,13H,1-3H3. The number of halogens is 1. The van der Waals surface area contributed by atoms with Gasteiger partial charge in [-0.1, -0.05) is 19.1 Å². The molecule has 0 amide bonds. The van der Waals surface area contributed by atoms with Crippen molar-refractivity contribution in [2.45, 2.75) is 30.0 Å². The Balaban J connectivity index is 3.01. The Kier molecular flexibility index (Phi) is 4.35. The second-order valence-corrected chi connectivity index (χ2v) is 6.32. The van der Waals surface area contributed by atoms with E-state index in [1.165, 1.54) is 7.05 Å². The molecule has 0 spiro atoms. The zero-order valence-electron chi connectivity index (χ0n) is 9.57. The summed E-state index contributed by atoms with van der Waals surface area (Å²) >= 11 is 5.99. The summed E-state index contributed by atoms with van der Waals surface area (Å²) < 4.78 is 25.2. The molecule has 90 valence electrons. The van der Waals surface area contributed by atoms with Crippen LogP contribution in [0.1, 0.15) is 25.3 Å². The van der Waals surface area contributed by atoms with Crippen LogP contribution in [-0.2, 0) is 10.0 Å². The van der Waals surface area contributed by atoms with Crippen LogP contribution in [0.2, 0.25) is 0 Å². The molecule has 2 unspecified atom stereocenters. The van der Waals surface area contributed by atoms with Gasteiger partial charge < -0.3 is 0 Å². The molecular formula is C11H16ClNO2S. The van der Waals surface area contributed by atoms with E-state index in [9.17, 15) is 8.42 Å². The van der Waals surface area contributed by atoms with E-state index in [1.807, 2.05) is 13.8 Å². The lowest BCUT2D eigenvalue weighted by atomic mass is 9.99. The quantitative estimate of drug-likeness (QED) is 0.846. The minimum absolute atomic E-state index is 0.0201. The lowest BCUT2D eigenvalue weighted by molar-refractivity contribution is 0.588. The number of rotatable bonds is 4. The Hall–Kier alpha value is -0.580. The first-order valence-corrected chi connectivity index (χ1v) is 6.98. The maximum absolute atomic E-state index is 11.5. The van der Waals surface area contributed by atoms with Crippen LogP contribution in [0.3, 0.4) is 0 Å². The van der Waals surface area contributed by atoms with Crippen molar-refractivity contribution in [1.29, 1.82) is 0 Å². The molecule has 0 aliphatic carbocycles. The fourth-order valence-corrected chi connectivity index (χ4v) is 2.21. The van der Waals surface area contributed by atoms with E-state index in [-0.39, 0.29) is 16.2 Å². The highest BCUT2D eigenvalue weighted by Crippen LogP contribution is 2.23. The van der Waals surface area contributed by atoms with Gasteiger partial charge in [0.15, 0.2) is 0 Å². The lowest BCUT2D eigenvalue weighted by Crippen LogP contribution is -2.18. The van der Waals surface area contributed by atoms with Crippen molar-refractivity contribution in [2.75, 3.05) is 7.05 Å². The Morgan fingerprint density at radius 3 is 2.06 bits per heavy atom. The number of sulfonamides is 1. The molecule has 0 aliphatic rings. The summed E-state index contributed by atoms with van der Waals surface area (Å²) in [6.45, 7) is 3.93. The summed E-state index contributed by atoms with van der Waals surface area (Å²) in [4.78, 5) is 0.271. The molecule has 0 bridgehead atoms. The smallest absolute Gasteiger partial charge is 0.214 e. The Labute approximate surface area is 102 Å². The van der Waals surface area contributed by atoms with Crippen molar-refractivity contribution < 1.29 is 8.42 Å². The second kappa shape index (κ2) is 5.17. The average molecular weight is 262 g/mol. The van der Waals surface area contributed by atoms with Crippen molar-refractivity contribution in [1.82, 2.24) is 4.72 Å². The molecule has 1 aromatic carbocycles. The molecule has 3 nitrogen and oxygen atoms in total. The monoisotopic (exact) mass is 261 g/mol. The molecule has 1 rings (SSSR count). The van der Waals surface area contributed by atoms with Crippen molar-refractivity contribution in [3.05, 3.63) is 29.8 Å². The largest absolute Gasteiger partial charge is 0.240 e. The number of alkyl halides is 1. The van der Waals surface area contributed by atoms with E-state index in [4.69, 9.17) is 11.6 Å². The van der Waals surface area contributed by atoms with Crippen LogP contribution in [0.25, 0.3) is 0 Å². The topological polar surface area (TPSA) is 46.2 Å². The highest BCUT2D eigenvalue weighted by Gasteiger charge is 2.14. The molecule has 0 aliphatic heterocycles. The van der Waals surface area contributed by atoms with Crippen molar-refractivity contribution in [3.8, 4) is 0 Å². The van der Waals surface area contributed by atoms with E-state index in [0.29, 0.717) is 0 Å². The highest BCUT2D eigenvalue weighted by atomic mass is 35.5. The first kappa shape index (κ1) is 13.5. The summed E-state index contributed by atoms with van der Waals surface area (Å²) in [6.07, 6.45) is 0. The zero-order chi connectivity index (χ0) is 12.3. The maximum Gasteiger partial charge on any atom is 0.240 e. The maximum atomic E-state index is 11.5. The van der Waals surface area contributed by atoms with E-state index in [1.54, 1.807) is 24.3 Å². The average Bonchev–Trinajstić information content (AvgIpc) is 2.28. The number of benzene rings is 1. The number of hydrogen-bond acceptors (Lipinski definition) is 2. The van der Waals surface area contributed by atoms with E-state index in [0.717, 1.165) is 5.56 Å². The highest BCUT2D eigenvalue weighted by molar-refractivity contribution is 7.89. The van der Waals surface area contributed by atoms with Crippen LogP contribution in [0.5, 0.6) is 0 Å². The van der Waals surface area contributed by atoms with E-state index >= 15 is 0 Å². The predicted octanol–water partition coefficient (Wildman–Crippen LogP) is 2.33. The van der Waals surface area contributed by atoms with Crippen molar-refractivity contribution >= 4 is 21.6 Å². The van der Waals surface area contributed by atoms with Gasteiger partial charge in [-0.3, -0.25) is 0 Å². The normalized spacial score (nSPS) is 15.8. The van der Waals surface area contributed by atoms with Crippen LogP contribution in [0.15, 0.2) is 29.2 Å². The van der Waals surface area contributed by atoms with Gasteiger partial charge in [0.25, 0.3) is 0 Å². The van der Waals surface area contributed by atoms with E-state index < -0.39 is 10.0 Å². The fourth-order valence-electron chi connectivity index (χ4n) is 1.33. The van der Waals surface area contributed by atoms with Gasteiger partial charge in [0, 0.05) is 5.38 Å². The van der Waals surface area contributed by atoms with Gasteiger partial charge >= 0.3 is 0 Å². The van der Waals surface area contributed by atoms with Crippen molar-refractivity contribution in [3.63, 3.8) is 0 Å². The summed E-state index contributed by atoms with van der Waals surface area (Å²) in [5.41, 5.74) is 1.04. The lowest BCUT2D eigenvalue weighted by Gasteiger charge is -2.14. The Morgan fingerprint density at radius 1 is 1.19 bits per heavy atom. The third-order valence-corrected chi connectivity index (χ3v) is 4.48. The molecular weight excluding hydrogens is 246 g/mol. The number of nitrogens with one attached hydrogen (secondary N) is 1. The van der Waals surface area contributed by atoms with Crippen LogP contribution in [-0.4, -0.2) is 20.8 Å². The SMILES string of the molecule is CNS(=O)(=O)c1ccc(C(C)C(C)Cl)cc1. The number of hydrogen-bond donors (Lipinski definition) is 1. The summed E-state index contributed by atoms with van der Waals surface area (Å²) in [7, 11) is -1.95. The van der Waals surface area contributed by atoms with Gasteiger partial charge in [0.05, 0.1) is 4.90 Å². The van der Waals surface area contributed by atoms with E-state index in [2.05, 4.69) is 4.72 Å². The first-order valence-electron chi connectivity index (χ1n) is 5.06. The molecule has 0 heterocycles. The Bertz CT molecular complexity index is 440. The minimum Gasteiger partial charge on any atom is -0.214 e. The summed E-state index contributed by atoms with van der Waals surface area (Å²) in [6, 6.07) is 6.79. The summed E-state index contributed by atoms with van der Waals surface area (Å²) in [5, 5.41) is 0.0201. The van der Waals surface area contributed by atoms with Gasteiger partial charge in [0.2, 0.25) is 10.0 Å². The van der Waals surface area contributed by atoms with Crippen LogP contribution in [0, 0.1) is 0 Å².